The minimum Gasteiger partial charge on any atom is -0.196 e. The summed E-state index contributed by atoms with van der Waals surface area (Å²) in [6.45, 7) is 2.16. The third-order valence-electron chi connectivity index (χ3n) is 1.04. The third kappa shape index (κ3) is 2.25. The van der Waals surface area contributed by atoms with Gasteiger partial charge in [0.1, 0.15) is 0 Å². The number of rotatable bonds is 3. The lowest BCUT2D eigenvalue weighted by molar-refractivity contribution is 1.27. The number of halogens is 1. The number of aromatic nitrogens is 1. The molecule has 0 aromatic carbocycles. The molecule has 0 spiro atoms. The van der Waals surface area contributed by atoms with Crippen molar-refractivity contribution < 1.29 is 0 Å². The standard InChI is InChI=1S/C6H8BrNS2/c1-2-9-4-6-5(7)3-10-8-6/h3H,2,4H2,1H3. The van der Waals surface area contributed by atoms with E-state index in [4.69, 9.17) is 0 Å². The van der Waals surface area contributed by atoms with E-state index >= 15 is 0 Å². The fraction of sp³-hybridized carbons (Fsp3) is 0.500. The summed E-state index contributed by atoms with van der Waals surface area (Å²) in [6, 6.07) is 0. The van der Waals surface area contributed by atoms with Gasteiger partial charge in [-0.15, -0.1) is 0 Å². The van der Waals surface area contributed by atoms with Gasteiger partial charge in [-0.3, -0.25) is 0 Å². The topological polar surface area (TPSA) is 12.9 Å². The summed E-state index contributed by atoms with van der Waals surface area (Å²) in [6.07, 6.45) is 0. The van der Waals surface area contributed by atoms with Gasteiger partial charge in [0.05, 0.1) is 10.2 Å². The Morgan fingerprint density at radius 1 is 1.80 bits per heavy atom. The maximum absolute atomic E-state index is 4.23. The van der Waals surface area contributed by atoms with Crippen LogP contribution in [0.2, 0.25) is 0 Å². The van der Waals surface area contributed by atoms with Gasteiger partial charge in [-0.05, 0) is 33.2 Å². The van der Waals surface area contributed by atoms with Crippen LogP contribution < -0.4 is 0 Å². The lowest BCUT2D eigenvalue weighted by Gasteiger charge is -1.92. The molecule has 1 heterocycles. The van der Waals surface area contributed by atoms with E-state index in [1.54, 1.807) is 0 Å². The van der Waals surface area contributed by atoms with Gasteiger partial charge in [-0.2, -0.15) is 16.1 Å². The molecule has 56 valence electrons. The van der Waals surface area contributed by atoms with Gasteiger partial charge in [-0.1, -0.05) is 6.92 Å². The Balaban J connectivity index is 2.49. The molecule has 0 aliphatic rings. The van der Waals surface area contributed by atoms with Crippen LogP contribution in [0.4, 0.5) is 0 Å². The van der Waals surface area contributed by atoms with Crippen molar-refractivity contribution in [2.45, 2.75) is 12.7 Å². The monoisotopic (exact) mass is 237 g/mol. The second kappa shape index (κ2) is 4.36. The fourth-order valence-electron chi connectivity index (χ4n) is 0.542. The van der Waals surface area contributed by atoms with Crippen LogP contribution in [0.15, 0.2) is 9.85 Å². The summed E-state index contributed by atoms with van der Waals surface area (Å²) < 4.78 is 5.38. The highest BCUT2D eigenvalue weighted by atomic mass is 79.9. The van der Waals surface area contributed by atoms with Crippen LogP contribution in [0.25, 0.3) is 0 Å². The highest BCUT2D eigenvalue weighted by molar-refractivity contribution is 9.10. The molecule has 1 aromatic rings. The molecule has 0 amide bonds. The molecule has 10 heavy (non-hydrogen) atoms. The van der Waals surface area contributed by atoms with Gasteiger partial charge in [0.2, 0.25) is 0 Å². The van der Waals surface area contributed by atoms with Gasteiger partial charge in [0, 0.05) is 11.1 Å². The van der Waals surface area contributed by atoms with E-state index in [2.05, 4.69) is 27.2 Å². The summed E-state index contributed by atoms with van der Waals surface area (Å²) >= 11 is 6.83. The number of hydrogen-bond donors (Lipinski definition) is 0. The van der Waals surface area contributed by atoms with Crippen molar-refractivity contribution in [2.75, 3.05) is 5.75 Å². The minimum atomic E-state index is 1.03. The zero-order valence-corrected chi connectivity index (χ0v) is 8.85. The molecule has 1 aromatic heterocycles. The fourth-order valence-corrected chi connectivity index (χ4v) is 2.60. The Bertz CT molecular complexity index is 199. The molecule has 1 nitrogen and oxygen atoms in total. The Morgan fingerprint density at radius 2 is 2.60 bits per heavy atom. The molecule has 0 radical (unpaired) electrons. The average molecular weight is 238 g/mol. The minimum absolute atomic E-state index is 1.03. The summed E-state index contributed by atoms with van der Waals surface area (Å²) in [4.78, 5) is 0. The lowest BCUT2D eigenvalue weighted by Crippen LogP contribution is -1.80. The summed E-state index contributed by atoms with van der Waals surface area (Å²) in [5.74, 6) is 2.19. The van der Waals surface area contributed by atoms with Gasteiger partial charge in [-0.25, -0.2) is 0 Å². The van der Waals surface area contributed by atoms with Crippen LogP contribution in [0.1, 0.15) is 12.6 Å². The summed E-state index contributed by atoms with van der Waals surface area (Å²) in [5.41, 5.74) is 1.18. The van der Waals surface area contributed by atoms with Crippen molar-refractivity contribution in [2.24, 2.45) is 0 Å². The normalized spacial score (nSPS) is 10.2. The molecule has 0 aliphatic heterocycles. The van der Waals surface area contributed by atoms with Crippen molar-refractivity contribution in [1.29, 1.82) is 0 Å². The van der Waals surface area contributed by atoms with Crippen molar-refractivity contribution >= 4 is 39.2 Å². The maximum Gasteiger partial charge on any atom is 0.0782 e. The maximum atomic E-state index is 4.23. The van der Waals surface area contributed by atoms with Gasteiger partial charge >= 0.3 is 0 Å². The molecule has 0 N–H and O–H groups in total. The quantitative estimate of drug-likeness (QED) is 0.802. The van der Waals surface area contributed by atoms with Crippen molar-refractivity contribution in [3.8, 4) is 0 Å². The Labute approximate surface area is 77.5 Å². The van der Waals surface area contributed by atoms with Crippen LogP contribution in [-0.2, 0) is 5.75 Å². The Hall–Kier alpha value is 0.460. The molecular formula is C6H8BrNS2. The first-order valence-electron chi connectivity index (χ1n) is 3.01. The Morgan fingerprint density at radius 3 is 3.10 bits per heavy atom. The van der Waals surface area contributed by atoms with E-state index in [0.29, 0.717) is 0 Å². The molecule has 0 unspecified atom stereocenters. The average Bonchev–Trinajstić information content (AvgIpc) is 2.31. The third-order valence-corrected chi connectivity index (χ3v) is 3.58. The molecule has 0 saturated heterocycles. The van der Waals surface area contributed by atoms with E-state index in [9.17, 15) is 0 Å². The lowest BCUT2D eigenvalue weighted by atomic mass is 10.5. The van der Waals surface area contributed by atoms with Crippen molar-refractivity contribution in [1.82, 2.24) is 4.37 Å². The predicted molar refractivity (Wildman–Crippen MR) is 51.7 cm³/mol. The summed E-state index contributed by atoms with van der Waals surface area (Å²) in [7, 11) is 0. The molecule has 0 fully saturated rings. The number of hydrogen-bond acceptors (Lipinski definition) is 3. The molecule has 0 bridgehead atoms. The van der Waals surface area contributed by atoms with Crippen LogP contribution in [0.5, 0.6) is 0 Å². The van der Waals surface area contributed by atoms with Crippen LogP contribution in [0.3, 0.4) is 0 Å². The smallest absolute Gasteiger partial charge is 0.0782 e. The zero-order valence-electron chi connectivity index (χ0n) is 5.63. The molecule has 4 heteroatoms. The first-order valence-corrected chi connectivity index (χ1v) is 5.79. The van der Waals surface area contributed by atoms with Crippen molar-refractivity contribution in [3.05, 3.63) is 15.5 Å². The van der Waals surface area contributed by atoms with Gasteiger partial charge < -0.3 is 0 Å². The molecule has 0 atom stereocenters. The predicted octanol–water partition coefficient (Wildman–Crippen LogP) is 3.16. The van der Waals surface area contributed by atoms with Crippen LogP contribution in [-0.4, -0.2) is 10.1 Å². The molecule has 1 rings (SSSR count). The van der Waals surface area contributed by atoms with E-state index in [0.717, 1.165) is 16.0 Å². The molecule has 0 aliphatic carbocycles. The van der Waals surface area contributed by atoms with E-state index in [1.165, 1.54) is 17.2 Å². The molecular weight excluding hydrogens is 230 g/mol. The second-order valence-electron chi connectivity index (χ2n) is 1.75. The SMILES string of the molecule is CCSCc1nscc1Br. The van der Waals surface area contributed by atoms with Gasteiger partial charge in [0.15, 0.2) is 0 Å². The largest absolute Gasteiger partial charge is 0.196 e. The first kappa shape index (κ1) is 8.56. The second-order valence-corrected chi connectivity index (χ2v) is 4.50. The van der Waals surface area contributed by atoms with Gasteiger partial charge in [0.25, 0.3) is 0 Å². The van der Waals surface area contributed by atoms with E-state index in [-0.39, 0.29) is 0 Å². The number of nitrogens with zero attached hydrogens (tertiary/aromatic N) is 1. The number of thioether (sulfide) groups is 1. The summed E-state index contributed by atoms with van der Waals surface area (Å²) in [5, 5.41) is 2.02. The van der Waals surface area contributed by atoms with Crippen LogP contribution in [0, 0.1) is 0 Å². The zero-order chi connectivity index (χ0) is 7.40. The van der Waals surface area contributed by atoms with Crippen LogP contribution >= 0.6 is 39.2 Å². The van der Waals surface area contributed by atoms with E-state index in [1.807, 2.05) is 17.1 Å². The first-order chi connectivity index (χ1) is 4.84. The van der Waals surface area contributed by atoms with Crippen molar-refractivity contribution in [3.63, 3.8) is 0 Å². The highest BCUT2D eigenvalue weighted by Crippen LogP contribution is 2.21. The molecule has 0 saturated carbocycles. The van der Waals surface area contributed by atoms with E-state index < -0.39 is 0 Å². The highest BCUT2D eigenvalue weighted by Gasteiger charge is 2.00. The Kier molecular flexibility index (Phi) is 3.73.